The number of methoxy groups -OCH3 is 1. The standard InChI is InChI=1S/C31H31FN8O2/c1-38-9-8-20-16-39(17-28(20)38)31(41)37-26-12-24-25(13-29(26)42-2)33-18-34-30(24)36-23-6-7-27-21(11-23)14-35-40(27)15-19-4-3-5-22(32)10-19/h3-7,10-14,18,20,28H,8-9,15-17H2,1-2H3,(H,37,41)(H,33,34,36). The molecule has 2 aliphatic rings. The molecule has 2 unspecified atom stereocenters. The van der Waals surface area contributed by atoms with E-state index in [1.54, 1.807) is 19.4 Å². The smallest absolute Gasteiger partial charge is 0.322 e. The van der Waals surface area contributed by atoms with Gasteiger partial charge in [0.2, 0.25) is 0 Å². The van der Waals surface area contributed by atoms with E-state index < -0.39 is 0 Å². The van der Waals surface area contributed by atoms with Crippen LogP contribution in [0.3, 0.4) is 0 Å². The van der Waals surface area contributed by atoms with Crippen LogP contribution in [0.2, 0.25) is 0 Å². The molecule has 11 heteroatoms. The second-order valence-electron chi connectivity index (χ2n) is 11.1. The molecule has 2 aromatic heterocycles. The third-order valence-corrected chi connectivity index (χ3v) is 8.44. The largest absolute Gasteiger partial charge is 0.494 e. The van der Waals surface area contributed by atoms with E-state index in [2.05, 4.69) is 37.6 Å². The monoisotopic (exact) mass is 566 g/mol. The number of aromatic nitrogens is 4. The van der Waals surface area contributed by atoms with Gasteiger partial charge < -0.3 is 25.2 Å². The lowest BCUT2D eigenvalue weighted by molar-refractivity contribution is 0.213. The highest BCUT2D eigenvalue weighted by Crippen LogP contribution is 2.35. The average molecular weight is 567 g/mol. The first-order valence-electron chi connectivity index (χ1n) is 14.0. The molecular formula is C31H31FN8O2. The molecule has 0 saturated carbocycles. The molecule has 2 fully saturated rings. The summed E-state index contributed by atoms with van der Waals surface area (Å²) in [6.45, 7) is 3.04. The molecule has 4 heterocycles. The van der Waals surface area contributed by atoms with E-state index in [4.69, 9.17) is 4.74 Å². The van der Waals surface area contributed by atoms with Crippen LogP contribution in [-0.2, 0) is 6.54 Å². The first-order valence-corrected chi connectivity index (χ1v) is 14.0. The van der Waals surface area contributed by atoms with Gasteiger partial charge in [-0.2, -0.15) is 5.10 Å². The molecule has 2 amide bonds. The molecule has 42 heavy (non-hydrogen) atoms. The first kappa shape index (κ1) is 26.1. The number of nitrogens with zero attached hydrogens (tertiary/aromatic N) is 6. The highest BCUT2D eigenvalue weighted by atomic mass is 19.1. The summed E-state index contributed by atoms with van der Waals surface area (Å²) < 4.78 is 21.1. The summed E-state index contributed by atoms with van der Waals surface area (Å²) in [6.07, 6.45) is 4.41. The van der Waals surface area contributed by atoms with Crippen molar-refractivity contribution in [1.82, 2.24) is 29.5 Å². The van der Waals surface area contributed by atoms with Crippen LogP contribution in [0.4, 0.5) is 26.4 Å². The predicted octanol–water partition coefficient (Wildman–Crippen LogP) is 5.09. The fraction of sp³-hybridized carbons (Fsp3) is 0.290. The summed E-state index contributed by atoms with van der Waals surface area (Å²) in [7, 11) is 3.71. The fourth-order valence-corrected chi connectivity index (χ4v) is 6.22. The number of fused-ring (bicyclic) bond motifs is 3. The number of halogens is 1. The van der Waals surface area contributed by atoms with E-state index in [9.17, 15) is 9.18 Å². The summed E-state index contributed by atoms with van der Waals surface area (Å²) in [4.78, 5) is 26.4. The number of hydrogen-bond donors (Lipinski definition) is 2. The Hall–Kier alpha value is -4.77. The van der Waals surface area contributed by atoms with E-state index in [-0.39, 0.29) is 11.8 Å². The summed E-state index contributed by atoms with van der Waals surface area (Å²) in [5, 5.41) is 12.7. The second kappa shape index (κ2) is 10.6. The number of likely N-dealkylation sites (N-methyl/N-ethyl adjacent to an activating group) is 1. The van der Waals surface area contributed by atoms with E-state index in [0.717, 1.165) is 53.6 Å². The SMILES string of the molecule is COc1cc2ncnc(Nc3ccc4c(cnn4Cc4cccc(F)c4)c3)c2cc1NC(=O)N1CC2CCN(C)C2C1. The molecule has 2 saturated heterocycles. The Morgan fingerprint density at radius 1 is 1.12 bits per heavy atom. The van der Waals surface area contributed by atoms with Crippen molar-refractivity contribution >= 4 is 45.0 Å². The Balaban J connectivity index is 1.14. The van der Waals surface area contributed by atoms with Crippen molar-refractivity contribution in [2.45, 2.75) is 19.0 Å². The van der Waals surface area contributed by atoms with Gasteiger partial charge in [-0.05, 0) is 67.9 Å². The Morgan fingerprint density at radius 3 is 2.86 bits per heavy atom. The van der Waals surface area contributed by atoms with Crippen molar-refractivity contribution < 1.29 is 13.9 Å². The minimum atomic E-state index is -0.265. The topological polar surface area (TPSA) is 100 Å². The zero-order chi connectivity index (χ0) is 28.8. The molecular weight excluding hydrogens is 535 g/mol. The number of carbonyl (C=O) groups is 1. The van der Waals surface area contributed by atoms with Crippen molar-refractivity contribution in [2.75, 3.05) is 44.4 Å². The number of likely N-dealkylation sites (tertiary alicyclic amines) is 2. The van der Waals surface area contributed by atoms with Gasteiger partial charge >= 0.3 is 6.03 Å². The third kappa shape index (κ3) is 4.85. The molecule has 0 bridgehead atoms. The van der Waals surface area contributed by atoms with Gasteiger partial charge in [0.15, 0.2) is 0 Å². The number of anilines is 3. The van der Waals surface area contributed by atoms with Crippen LogP contribution in [0.1, 0.15) is 12.0 Å². The van der Waals surface area contributed by atoms with Gasteiger partial charge in [0.25, 0.3) is 0 Å². The lowest BCUT2D eigenvalue weighted by Crippen LogP contribution is -2.37. The molecule has 214 valence electrons. The molecule has 0 spiro atoms. The Morgan fingerprint density at radius 2 is 2.02 bits per heavy atom. The van der Waals surface area contributed by atoms with E-state index in [1.165, 1.54) is 18.5 Å². The number of amides is 2. The van der Waals surface area contributed by atoms with Crippen molar-refractivity contribution in [3.8, 4) is 5.75 Å². The van der Waals surface area contributed by atoms with E-state index in [0.29, 0.717) is 41.3 Å². The zero-order valence-electron chi connectivity index (χ0n) is 23.4. The Kier molecular flexibility index (Phi) is 6.58. The fourth-order valence-electron chi connectivity index (χ4n) is 6.22. The normalized spacial score (nSPS) is 18.5. The van der Waals surface area contributed by atoms with Gasteiger partial charge in [0.1, 0.15) is 23.7 Å². The Bertz CT molecular complexity index is 1810. The summed E-state index contributed by atoms with van der Waals surface area (Å²) in [5.74, 6) is 1.39. The van der Waals surface area contributed by atoms with Crippen LogP contribution in [-0.4, -0.2) is 75.4 Å². The van der Waals surface area contributed by atoms with Crippen molar-refractivity contribution in [3.63, 3.8) is 0 Å². The summed E-state index contributed by atoms with van der Waals surface area (Å²) in [5.41, 5.74) is 3.84. The first-order chi connectivity index (χ1) is 20.4. The van der Waals surface area contributed by atoms with Crippen LogP contribution in [0.15, 0.2) is 67.1 Å². The lowest BCUT2D eigenvalue weighted by atomic mass is 10.1. The lowest BCUT2D eigenvalue weighted by Gasteiger charge is -2.22. The maximum absolute atomic E-state index is 13.7. The van der Waals surface area contributed by atoms with Crippen molar-refractivity contribution in [2.24, 2.45) is 5.92 Å². The van der Waals surface area contributed by atoms with E-state index in [1.807, 2.05) is 46.0 Å². The number of urea groups is 1. The molecule has 0 aliphatic carbocycles. The van der Waals surface area contributed by atoms with Gasteiger partial charge in [0, 0.05) is 41.7 Å². The van der Waals surface area contributed by atoms with Crippen LogP contribution >= 0.6 is 0 Å². The minimum Gasteiger partial charge on any atom is -0.494 e. The van der Waals surface area contributed by atoms with E-state index >= 15 is 0 Å². The van der Waals surface area contributed by atoms with Gasteiger partial charge in [-0.3, -0.25) is 4.68 Å². The molecule has 7 rings (SSSR count). The predicted molar refractivity (Wildman–Crippen MR) is 160 cm³/mol. The summed E-state index contributed by atoms with van der Waals surface area (Å²) >= 11 is 0. The summed E-state index contributed by atoms with van der Waals surface area (Å²) in [6, 6.07) is 16.4. The third-order valence-electron chi connectivity index (χ3n) is 8.44. The second-order valence-corrected chi connectivity index (χ2v) is 11.1. The molecule has 5 aromatic rings. The maximum atomic E-state index is 13.7. The molecule has 10 nitrogen and oxygen atoms in total. The number of hydrogen-bond acceptors (Lipinski definition) is 7. The quantitative estimate of drug-likeness (QED) is 0.295. The van der Waals surface area contributed by atoms with Gasteiger partial charge in [-0.15, -0.1) is 0 Å². The number of nitrogens with one attached hydrogen (secondary N) is 2. The molecule has 3 aromatic carbocycles. The highest BCUT2D eigenvalue weighted by molar-refractivity contribution is 5.99. The number of carbonyl (C=O) groups excluding carboxylic acids is 1. The molecule has 2 N–H and O–H groups in total. The minimum absolute atomic E-state index is 0.137. The van der Waals surface area contributed by atoms with Gasteiger partial charge in [-0.1, -0.05) is 12.1 Å². The number of benzene rings is 3. The zero-order valence-corrected chi connectivity index (χ0v) is 23.4. The van der Waals surface area contributed by atoms with Crippen LogP contribution < -0.4 is 15.4 Å². The molecule has 0 radical (unpaired) electrons. The molecule has 2 aliphatic heterocycles. The van der Waals surface area contributed by atoms with Crippen molar-refractivity contribution in [1.29, 1.82) is 0 Å². The number of rotatable bonds is 6. The highest BCUT2D eigenvalue weighted by Gasteiger charge is 2.41. The van der Waals surface area contributed by atoms with Crippen LogP contribution in [0.5, 0.6) is 5.75 Å². The van der Waals surface area contributed by atoms with Gasteiger partial charge in [0.05, 0.1) is 36.6 Å². The number of ether oxygens (including phenoxy) is 1. The average Bonchev–Trinajstić information content (AvgIpc) is 3.69. The van der Waals surface area contributed by atoms with Gasteiger partial charge in [-0.25, -0.2) is 19.2 Å². The van der Waals surface area contributed by atoms with Crippen molar-refractivity contribution in [3.05, 3.63) is 78.5 Å². The van der Waals surface area contributed by atoms with Crippen LogP contribution in [0.25, 0.3) is 21.8 Å². The van der Waals surface area contributed by atoms with Crippen LogP contribution in [0, 0.1) is 11.7 Å². The maximum Gasteiger partial charge on any atom is 0.322 e. The molecule has 2 atom stereocenters. The Labute approximate surface area is 242 Å².